The molecule has 2 aromatic carbocycles. The fourth-order valence-corrected chi connectivity index (χ4v) is 3.40. The molecule has 30 heavy (non-hydrogen) atoms. The van der Waals surface area contributed by atoms with E-state index in [2.05, 4.69) is 22.9 Å². The maximum Gasteiger partial charge on any atom is 0.225 e. The Morgan fingerprint density at radius 2 is 1.90 bits per heavy atom. The molecule has 0 radical (unpaired) electrons. The van der Waals surface area contributed by atoms with Crippen molar-refractivity contribution in [2.45, 2.75) is 33.1 Å². The summed E-state index contributed by atoms with van der Waals surface area (Å²) in [5, 5.41) is 13.2. The number of carbonyl (C=O) groups excluding carboxylic acids is 1. The molecule has 0 atom stereocenters. The lowest BCUT2D eigenvalue weighted by Crippen LogP contribution is -2.25. The Bertz CT molecular complexity index is 1140. The van der Waals surface area contributed by atoms with E-state index >= 15 is 0 Å². The summed E-state index contributed by atoms with van der Waals surface area (Å²) in [5.41, 5.74) is 2.65. The smallest absolute Gasteiger partial charge is 0.225 e. The molecule has 0 aliphatic rings. The topological polar surface area (TPSA) is 65.8 Å². The zero-order valence-corrected chi connectivity index (χ0v) is 17.2. The van der Waals surface area contributed by atoms with Crippen molar-refractivity contribution in [2.75, 3.05) is 5.32 Å². The second kappa shape index (κ2) is 8.87. The summed E-state index contributed by atoms with van der Waals surface area (Å²) >= 11 is 0. The Balaban J connectivity index is 1.80. The van der Waals surface area contributed by atoms with Crippen molar-refractivity contribution < 1.29 is 9.18 Å². The fraction of sp³-hybridized carbons (Fsp3) is 0.240. The van der Waals surface area contributed by atoms with E-state index in [0.29, 0.717) is 35.3 Å². The molecular formula is C25H24FN3O. The molecule has 0 aliphatic carbocycles. The predicted molar refractivity (Wildman–Crippen MR) is 118 cm³/mol. The summed E-state index contributed by atoms with van der Waals surface area (Å²) in [6.45, 7) is 7.98. The number of aromatic nitrogens is 1. The van der Waals surface area contributed by atoms with E-state index in [9.17, 15) is 14.4 Å². The molecule has 152 valence electrons. The third-order valence-electron chi connectivity index (χ3n) is 5.55. The predicted octanol–water partition coefficient (Wildman–Crippen LogP) is 6.09. The van der Waals surface area contributed by atoms with E-state index in [1.807, 2.05) is 44.2 Å². The monoisotopic (exact) mass is 401 g/mol. The summed E-state index contributed by atoms with van der Waals surface area (Å²) in [7, 11) is 0. The molecule has 1 amide bonds. The Hall–Kier alpha value is -3.52. The lowest BCUT2D eigenvalue weighted by atomic mass is 9.80. The quantitative estimate of drug-likeness (QED) is 0.521. The first-order chi connectivity index (χ1) is 14.4. The van der Waals surface area contributed by atoms with Gasteiger partial charge in [-0.2, -0.15) is 5.26 Å². The summed E-state index contributed by atoms with van der Waals surface area (Å²) < 4.78 is 13.5. The van der Waals surface area contributed by atoms with Crippen LogP contribution in [-0.4, -0.2) is 10.9 Å². The normalized spacial score (nSPS) is 11.1. The van der Waals surface area contributed by atoms with Crippen LogP contribution in [-0.2, 0) is 4.79 Å². The average Bonchev–Trinajstić information content (AvgIpc) is 2.76. The van der Waals surface area contributed by atoms with Crippen LogP contribution in [0.25, 0.3) is 16.5 Å². The van der Waals surface area contributed by atoms with Gasteiger partial charge in [-0.05, 0) is 48.7 Å². The number of nitrogens with one attached hydrogen (secondary N) is 1. The Morgan fingerprint density at radius 3 is 2.60 bits per heavy atom. The summed E-state index contributed by atoms with van der Waals surface area (Å²) in [5.74, 6) is -0.530. The number of amides is 1. The molecular weight excluding hydrogens is 377 g/mol. The molecule has 0 bridgehead atoms. The van der Waals surface area contributed by atoms with Crippen LogP contribution in [0.4, 0.5) is 10.1 Å². The van der Waals surface area contributed by atoms with Crippen molar-refractivity contribution in [1.29, 1.82) is 5.26 Å². The molecule has 0 unspecified atom stereocenters. The van der Waals surface area contributed by atoms with Gasteiger partial charge in [0.2, 0.25) is 5.91 Å². The molecule has 1 heterocycles. The maximum absolute atomic E-state index is 13.5. The molecule has 1 aromatic heterocycles. The number of hydrogen-bond acceptors (Lipinski definition) is 3. The molecule has 4 nitrogen and oxygen atoms in total. The minimum atomic E-state index is -0.643. The van der Waals surface area contributed by atoms with Gasteiger partial charge in [-0.3, -0.25) is 4.79 Å². The summed E-state index contributed by atoms with van der Waals surface area (Å²) in [6, 6.07) is 17.8. The van der Waals surface area contributed by atoms with Crippen LogP contribution in [0.1, 0.15) is 44.4 Å². The molecule has 0 fully saturated rings. The van der Waals surface area contributed by atoms with Gasteiger partial charge in [-0.1, -0.05) is 38.6 Å². The molecule has 0 saturated carbocycles. The van der Waals surface area contributed by atoms with E-state index in [-0.39, 0.29) is 18.1 Å². The highest BCUT2D eigenvalue weighted by Gasteiger charge is 2.29. The zero-order chi connectivity index (χ0) is 21.7. The van der Waals surface area contributed by atoms with Gasteiger partial charge in [0.15, 0.2) is 0 Å². The van der Waals surface area contributed by atoms with E-state index in [1.54, 1.807) is 12.1 Å². The largest absolute Gasteiger partial charge is 0.326 e. The van der Waals surface area contributed by atoms with Crippen molar-refractivity contribution in [1.82, 2.24) is 4.98 Å². The van der Waals surface area contributed by atoms with Crippen molar-refractivity contribution in [3.8, 4) is 6.07 Å². The van der Waals surface area contributed by atoms with Crippen LogP contribution < -0.4 is 5.32 Å². The Morgan fingerprint density at radius 1 is 1.17 bits per heavy atom. The van der Waals surface area contributed by atoms with Gasteiger partial charge < -0.3 is 5.32 Å². The molecule has 3 rings (SSSR count). The Kier molecular flexibility index (Phi) is 6.27. The molecule has 5 heteroatoms. The molecule has 3 aromatic rings. The first kappa shape index (κ1) is 21.2. The van der Waals surface area contributed by atoms with Crippen LogP contribution in [0.15, 0.2) is 61.2 Å². The van der Waals surface area contributed by atoms with Crippen LogP contribution >= 0.6 is 0 Å². The van der Waals surface area contributed by atoms with Gasteiger partial charge in [-0.15, -0.1) is 0 Å². The summed E-state index contributed by atoms with van der Waals surface area (Å²) in [4.78, 5) is 17.0. The van der Waals surface area contributed by atoms with E-state index in [4.69, 9.17) is 0 Å². The van der Waals surface area contributed by atoms with E-state index in [0.717, 1.165) is 10.9 Å². The molecule has 0 aliphatic heterocycles. The molecule has 0 saturated heterocycles. The number of rotatable bonds is 7. The van der Waals surface area contributed by atoms with Crippen LogP contribution in [0.5, 0.6) is 0 Å². The minimum absolute atomic E-state index is 0.152. The number of fused-ring (bicyclic) bond motifs is 1. The lowest BCUT2D eigenvalue weighted by Gasteiger charge is -2.22. The van der Waals surface area contributed by atoms with Gasteiger partial charge in [0.25, 0.3) is 0 Å². The number of pyridine rings is 1. The minimum Gasteiger partial charge on any atom is -0.326 e. The first-order valence-corrected chi connectivity index (χ1v) is 9.97. The lowest BCUT2D eigenvalue weighted by molar-refractivity contribution is -0.117. The highest BCUT2D eigenvalue weighted by Crippen LogP contribution is 2.30. The average molecular weight is 401 g/mol. The molecule has 0 spiro atoms. The third kappa shape index (κ3) is 4.55. The van der Waals surface area contributed by atoms with Crippen molar-refractivity contribution in [3.05, 3.63) is 78.3 Å². The highest BCUT2D eigenvalue weighted by atomic mass is 19.1. The number of benzene rings is 2. The van der Waals surface area contributed by atoms with Gasteiger partial charge in [-0.25, -0.2) is 9.37 Å². The van der Waals surface area contributed by atoms with E-state index < -0.39 is 5.41 Å². The zero-order valence-electron chi connectivity index (χ0n) is 17.2. The first-order valence-electron chi connectivity index (χ1n) is 9.97. The van der Waals surface area contributed by atoms with Crippen LogP contribution in [0.3, 0.4) is 0 Å². The second-order valence-corrected chi connectivity index (χ2v) is 7.42. The summed E-state index contributed by atoms with van der Waals surface area (Å²) in [6.07, 6.45) is 1.40. The fourth-order valence-electron chi connectivity index (χ4n) is 3.40. The van der Waals surface area contributed by atoms with Crippen molar-refractivity contribution in [2.24, 2.45) is 5.41 Å². The number of nitriles is 1. The van der Waals surface area contributed by atoms with Crippen molar-refractivity contribution in [3.63, 3.8) is 0 Å². The third-order valence-corrected chi connectivity index (χ3v) is 5.55. The second-order valence-electron chi connectivity index (χ2n) is 7.42. The number of carbonyl (C=O) groups is 1. The number of anilines is 1. The van der Waals surface area contributed by atoms with Gasteiger partial charge >= 0.3 is 0 Å². The van der Waals surface area contributed by atoms with Crippen LogP contribution in [0, 0.1) is 22.6 Å². The van der Waals surface area contributed by atoms with Gasteiger partial charge in [0, 0.05) is 29.1 Å². The maximum atomic E-state index is 13.5. The number of hydrogen-bond donors (Lipinski definition) is 1. The highest BCUT2D eigenvalue weighted by molar-refractivity contribution is 5.92. The number of halogens is 1. The van der Waals surface area contributed by atoms with Crippen LogP contribution in [0.2, 0.25) is 0 Å². The SMILES string of the molecule is C=C(c1cccc(NC(=O)CC(C#N)(CC)CC)c1)c1ccc2ccc(F)cc2n1. The van der Waals surface area contributed by atoms with E-state index in [1.165, 1.54) is 12.1 Å². The van der Waals surface area contributed by atoms with Crippen molar-refractivity contribution >= 4 is 28.1 Å². The van der Waals surface area contributed by atoms with Gasteiger partial charge in [0.1, 0.15) is 5.82 Å². The number of nitrogens with zero attached hydrogens (tertiary/aromatic N) is 2. The Labute approximate surface area is 176 Å². The molecule has 1 N–H and O–H groups in total. The standard InChI is InChI=1S/C25H24FN3O/c1-4-25(5-2,16-27)15-24(30)28-21-8-6-7-19(13-21)17(3)22-12-10-18-9-11-20(26)14-23(18)29-22/h6-14H,3-5,15H2,1-2H3,(H,28,30). The van der Waals surface area contributed by atoms with Gasteiger partial charge in [0.05, 0.1) is 22.7 Å².